The molecule has 0 saturated carbocycles. The highest BCUT2D eigenvalue weighted by atomic mass is 16.1. The number of benzene rings is 5. The Labute approximate surface area is 215 Å². The lowest BCUT2D eigenvalue weighted by molar-refractivity contribution is 0.101. The van der Waals surface area contributed by atoms with Crippen LogP contribution < -0.4 is 0 Å². The van der Waals surface area contributed by atoms with E-state index in [0.29, 0.717) is 17.5 Å². The van der Waals surface area contributed by atoms with Crippen LogP contribution in [0.1, 0.15) is 17.3 Å². The van der Waals surface area contributed by atoms with E-state index >= 15 is 0 Å². The number of Topliss-reactive ketones (excluding diaryl/α,β-unsaturated/α-hetero) is 1. The third kappa shape index (κ3) is 4.41. The highest BCUT2D eigenvalue weighted by Gasteiger charge is 2.14. The lowest BCUT2D eigenvalue weighted by Crippen LogP contribution is -2.00. The molecule has 0 N–H and O–H groups in total. The SMILES string of the molecule is CC(=O)c1ccc(-c2ccc(-c3nc(-c4ccccc4)nc(-c4ccccc4)n3)cc2)c2ccccc12. The monoisotopic (exact) mass is 477 g/mol. The van der Waals surface area contributed by atoms with E-state index in [2.05, 4.69) is 18.2 Å². The predicted molar refractivity (Wildman–Crippen MR) is 149 cm³/mol. The van der Waals surface area contributed by atoms with Crippen molar-refractivity contribution in [1.82, 2.24) is 15.0 Å². The number of aromatic nitrogens is 3. The first-order valence-electron chi connectivity index (χ1n) is 12.2. The standard InChI is InChI=1S/C33H23N3O/c1-22(37)27-20-21-28(30-15-9-8-14-29(27)30)23-16-18-26(19-17-23)33-35-31(24-10-4-2-5-11-24)34-32(36-33)25-12-6-3-7-13-25/h2-21H,1H3. The summed E-state index contributed by atoms with van der Waals surface area (Å²) in [6.07, 6.45) is 0. The molecule has 0 radical (unpaired) electrons. The van der Waals surface area contributed by atoms with Crippen molar-refractivity contribution in [2.24, 2.45) is 0 Å². The van der Waals surface area contributed by atoms with E-state index in [4.69, 9.17) is 15.0 Å². The Kier molecular flexibility index (Phi) is 5.83. The maximum atomic E-state index is 12.1. The maximum Gasteiger partial charge on any atom is 0.164 e. The smallest absolute Gasteiger partial charge is 0.164 e. The number of ketones is 1. The average molecular weight is 478 g/mol. The van der Waals surface area contributed by atoms with Gasteiger partial charge in [0.2, 0.25) is 0 Å². The second-order valence-corrected chi connectivity index (χ2v) is 8.88. The van der Waals surface area contributed by atoms with Gasteiger partial charge in [-0.2, -0.15) is 0 Å². The Balaban J connectivity index is 1.45. The number of nitrogens with zero attached hydrogens (tertiary/aromatic N) is 3. The highest BCUT2D eigenvalue weighted by Crippen LogP contribution is 2.33. The molecule has 0 spiro atoms. The lowest BCUT2D eigenvalue weighted by atomic mass is 9.93. The van der Waals surface area contributed by atoms with Gasteiger partial charge in [0, 0.05) is 22.3 Å². The second kappa shape index (κ2) is 9.59. The Hall–Kier alpha value is -4.96. The molecule has 6 aromatic rings. The van der Waals surface area contributed by atoms with Gasteiger partial charge in [0.05, 0.1) is 0 Å². The summed E-state index contributed by atoms with van der Waals surface area (Å²) in [4.78, 5) is 26.6. The molecular weight excluding hydrogens is 454 g/mol. The minimum Gasteiger partial charge on any atom is -0.294 e. The van der Waals surface area contributed by atoms with E-state index in [-0.39, 0.29) is 5.78 Å². The van der Waals surface area contributed by atoms with Gasteiger partial charge in [0.15, 0.2) is 23.3 Å². The first-order chi connectivity index (χ1) is 18.2. The average Bonchev–Trinajstić information content (AvgIpc) is 2.97. The summed E-state index contributed by atoms with van der Waals surface area (Å²) in [5.41, 5.74) is 5.68. The van der Waals surface area contributed by atoms with Gasteiger partial charge in [-0.15, -0.1) is 0 Å². The lowest BCUT2D eigenvalue weighted by Gasteiger charge is -2.11. The van der Waals surface area contributed by atoms with Crippen LogP contribution in [0.2, 0.25) is 0 Å². The molecule has 0 atom stereocenters. The fourth-order valence-electron chi connectivity index (χ4n) is 4.59. The van der Waals surface area contributed by atoms with E-state index in [1.807, 2.05) is 103 Å². The molecule has 0 aliphatic carbocycles. The molecule has 37 heavy (non-hydrogen) atoms. The van der Waals surface area contributed by atoms with Crippen LogP contribution in [0.15, 0.2) is 121 Å². The molecule has 0 amide bonds. The largest absolute Gasteiger partial charge is 0.294 e. The summed E-state index contributed by atoms with van der Waals surface area (Å²) in [5, 5.41) is 2.02. The number of hydrogen-bond acceptors (Lipinski definition) is 4. The maximum absolute atomic E-state index is 12.1. The van der Waals surface area contributed by atoms with E-state index in [9.17, 15) is 4.79 Å². The van der Waals surface area contributed by atoms with E-state index in [0.717, 1.165) is 44.2 Å². The molecule has 0 saturated heterocycles. The Morgan fingerprint density at radius 2 is 0.892 bits per heavy atom. The molecule has 1 aromatic heterocycles. The number of hydrogen-bond donors (Lipinski definition) is 0. The van der Waals surface area contributed by atoms with E-state index < -0.39 is 0 Å². The van der Waals surface area contributed by atoms with Crippen molar-refractivity contribution in [2.45, 2.75) is 6.92 Å². The summed E-state index contributed by atoms with van der Waals surface area (Å²) in [7, 11) is 0. The first-order valence-corrected chi connectivity index (χ1v) is 12.2. The molecule has 0 aliphatic heterocycles. The topological polar surface area (TPSA) is 55.7 Å². The van der Waals surface area contributed by atoms with Crippen LogP contribution >= 0.6 is 0 Å². The van der Waals surface area contributed by atoms with Crippen LogP contribution in [0.25, 0.3) is 56.1 Å². The zero-order valence-electron chi connectivity index (χ0n) is 20.3. The van der Waals surface area contributed by atoms with Crippen molar-refractivity contribution >= 4 is 16.6 Å². The Morgan fingerprint density at radius 3 is 1.41 bits per heavy atom. The number of carbonyl (C=O) groups is 1. The van der Waals surface area contributed by atoms with Gasteiger partial charge in [-0.1, -0.05) is 121 Å². The molecule has 0 unspecified atom stereocenters. The van der Waals surface area contributed by atoms with Crippen LogP contribution in [-0.4, -0.2) is 20.7 Å². The molecule has 0 fully saturated rings. The van der Waals surface area contributed by atoms with Crippen molar-refractivity contribution in [3.63, 3.8) is 0 Å². The van der Waals surface area contributed by atoms with Crippen molar-refractivity contribution in [2.75, 3.05) is 0 Å². The van der Waals surface area contributed by atoms with Crippen LogP contribution in [0.3, 0.4) is 0 Å². The summed E-state index contributed by atoms with van der Waals surface area (Å²) in [5.74, 6) is 1.96. The second-order valence-electron chi connectivity index (χ2n) is 8.88. The van der Waals surface area contributed by atoms with Crippen molar-refractivity contribution in [1.29, 1.82) is 0 Å². The van der Waals surface area contributed by atoms with Gasteiger partial charge in [-0.05, 0) is 28.8 Å². The van der Waals surface area contributed by atoms with E-state index in [1.54, 1.807) is 6.92 Å². The number of carbonyl (C=O) groups excluding carboxylic acids is 1. The molecule has 4 heteroatoms. The van der Waals surface area contributed by atoms with Crippen LogP contribution in [0.5, 0.6) is 0 Å². The minimum atomic E-state index is 0.0661. The zero-order valence-corrected chi connectivity index (χ0v) is 20.3. The first kappa shape index (κ1) is 22.5. The van der Waals surface area contributed by atoms with Crippen LogP contribution in [0, 0.1) is 0 Å². The molecule has 0 bridgehead atoms. The van der Waals surface area contributed by atoms with Gasteiger partial charge in [0.25, 0.3) is 0 Å². The minimum absolute atomic E-state index is 0.0661. The molecule has 176 valence electrons. The molecular formula is C33H23N3O. The van der Waals surface area contributed by atoms with E-state index in [1.165, 1.54) is 0 Å². The number of rotatable bonds is 5. The van der Waals surface area contributed by atoms with Crippen LogP contribution in [-0.2, 0) is 0 Å². The quantitative estimate of drug-likeness (QED) is 0.237. The Morgan fingerprint density at radius 1 is 0.459 bits per heavy atom. The fourth-order valence-corrected chi connectivity index (χ4v) is 4.59. The summed E-state index contributed by atoms with van der Waals surface area (Å²) in [6, 6.07) is 40.2. The van der Waals surface area contributed by atoms with Crippen molar-refractivity contribution < 1.29 is 4.79 Å². The van der Waals surface area contributed by atoms with Gasteiger partial charge >= 0.3 is 0 Å². The predicted octanol–water partition coefficient (Wildman–Crippen LogP) is 7.90. The molecule has 6 rings (SSSR count). The van der Waals surface area contributed by atoms with Crippen molar-refractivity contribution in [3.8, 4) is 45.3 Å². The zero-order chi connectivity index (χ0) is 25.2. The summed E-state index contributed by atoms with van der Waals surface area (Å²) >= 11 is 0. The molecule has 4 nitrogen and oxygen atoms in total. The third-order valence-electron chi connectivity index (χ3n) is 6.46. The van der Waals surface area contributed by atoms with Gasteiger partial charge in [-0.25, -0.2) is 15.0 Å². The molecule has 5 aromatic carbocycles. The highest BCUT2D eigenvalue weighted by molar-refractivity contribution is 6.11. The normalized spacial score (nSPS) is 10.9. The fraction of sp³-hybridized carbons (Fsp3) is 0.0303. The summed E-state index contributed by atoms with van der Waals surface area (Å²) in [6.45, 7) is 1.61. The third-order valence-corrected chi connectivity index (χ3v) is 6.46. The van der Waals surface area contributed by atoms with Gasteiger partial charge < -0.3 is 0 Å². The molecule has 1 heterocycles. The van der Waals surface area contributed by atoms with Crippen molar-refractivity contribution in [3.05, 3.63) is 127 Å². The summed E-state index contributed by atoms with van der Waals surface area (Å²) < 4.78 is 0. The molecule has 0 aliphatic rings. The Bertz CT molecular complexity index is 1670. The van der Waals surface area contributed by atoms with Gasteiger partial charge in [0.1, 0.15) is 0 Å². The van der Waals surface area contributed by atoms with Crippen LogP contribution in [0.4, 0.5) is 0 Å². The van der Waals surface area contributed by atoms with Gasteiger partial charge in [-0.3, -0.25) is 4.79 Å². The number of fused-ring (bicyclic) bond motifs is 1.